The van der Waals surface area contributed by atoms with Gasteiger partial charge in [-0.05, 0) is 48.3 Å². The van der Waals surface area contributed by atoms with Crippen LogP contribution in [-0.2, 0) is 13.0 Å². The Hall–Kier alpha value is -1.86. The van der Waals surface area contributed by atoms with Crippen molar-refractivity contribution in [3.05, 3.63) is 82.9 Å². The summed E-state index contributed by atoms with van der Waals surface area (Å²) in [6.45, 7) is 5.62. The fourth-order valence-corrected chi connectivity index (χ4v) is 4.46. The van der Waals surface area contributed by atoms with Crippen LogP contribution in [0.1, 0.15) is 55.7 Å². The van der Waals surface area contributed by atoms with Crippen molar-refractivity contribution in [2.75, 3.05) is 0 Å². The number of benzene rings is 2. The number of nitrogens with zero attached hydrogens (tertiary/aromatic N) is 1. The third-order valence-corrected chi connectivity index (χ3v) is 5.90. The van der Waals surface area contributed by atoms with Crippen LogP contribution in [0.15, 0.2) is 66.2 Å². The van der Waals surface area contributed by atoms with Crippen molar-refractivity contribution in [2.24, 2.45) is 0 Å². The normalized spacial score (nSPS) is 23.1. The molecule has 4 rings (SSSR count). The third-order valence-electron chi connectivity index (χ3n) is 5.90. The zero-order valence-corrected chi connectivity index (χ0v) is 15.5. The first-order chi connectivity index (χ1) is 12.2. The first-order valence-electron chi connectivity index (χ1n) is 9.77. The molecule has 2 aliphatic rings. The molecule has 1 heteroatoms. The van der Waals surface area contributed by atoms with E-state index in [0.29, 0.717) is 12.0 Å². The number of fused-ring (bicyclic) bond motifs is 2. The zero-order valence-electron chi connectivity index (χ0n) is 15.5. The molecule has 0 aliphatic carbocycles. The third kappa shape index (κ3) is 3.72. The molecule has 0 spiro atoms. The Morgan fingerprint density at radius 3 is 2.36 bits per heavy atom. The van der Waals surface area contributed by atoms with Crippen LogP contribution < -0.4 is 0 Å². The van der Waals surface area contributed by atoms with Gasteiger partial charge in [0.2, 0.25) is 0 Å². The van der Waals surface area contributed by atoms with Crippen molar-refractivity contribution in [1.82, 2.24) is 4.90 Å². The fraction of sp³-hybridized carbons (Fsp3) is 0.417. The summed E-state index contributed by atoms with van der Waals surface area (Å²) in [6, 6.07) is 21.6. The van der Waals surface area contributed by atoms with Crippen molar-refractivity contribution in [3.8, 4) is 0 Å². The van der Waals surface area contributed by atoms with Gasteiger partial charge in [-0.25, -0.2) is 0 Å². The van der Waals surface area contributed by atoms with Crippen molar-refractivity contribution in [2.45, 2.75) is 64.1 Å². The second-order valence-electron chi connectivity index (χ2n) is 8.06. The monoisotopic (exact) mass is 331 g/mol. The van der Waals surface area contributed by atoms with E-state index in [9.17, 15) is 0 Å². The highest BCUT2D eigenvalue weighted by atomic mass is 15.2. The molecule has 1 nitrogen and oxygen atoms in total. The van der Waals surface area contributed by atoms with E-state index in [-0.39, 0.29) is 0 Å². The molecule has 25 heavy (non-hydrogen) atoms. The number of hydrogen-bond acceptors (Lipinski definition) is 1. The summed E-state index contributed by atoms with van der Waals surface area (Å²) in [5.74, 6) is 0.616. The van der Waals surface area contributed by atoms with Crippen molar-refractivity contribution >= 4 is 0 Å². The SMILES string of the molecule is CC(C)c1ccc(CC2=CC3CCC(C2)N3Cc2ccccc2)cc1. The van der Waals surface area contributed by atoms with Gasteiger partial charge in [0.25, 0.3) is 0 Å². The molecule has 2 aliphatic heterocycles. The lowest BCUT2D eigenvalue weighted by molar-refractivity contribution is 0.195. The zero-order chi connectivity index (χ0) is 17.2. The van der Waals surface area contributed by atoms with E-state index in [1.165, 1.54) is 36.0 Å². The Bertz CT molecular complexity index is 726. The van der Waals surface area contributed by atoms with Gasteiger partial charge < -0.3 is 0 Å². The smallest absolute Gasteiger partial charge is 0.0288 e. The van der Waals surface area contributed by atoms with E-state index in [4.69, 9.17) is 0 Å². The van der Waals surface area contributed by atoms with Crippen LogP contribution in [0.2, 0.25) is 0 Å². The minimum Gasteiger partial charge on any atom is -0.289 e. The summed E-state index contributed by atoms with van der Waals surface area (Å²) in [5, 5.41) is 0. The predicted octanol–water partition coefficient (Wildman–Crippen LogP) is 5.72. The molecule has 130 valence electrons. The second-order valence-corrected chi connectivity index (χ2v) is 8.06. The summed E-state index contributed by atoms with van der Waals surface area (Å²) in [7, 11) is 0. The summed E-state index contributed by atoms with van der Waals surface area (Å²) < 4.78 is 0. The molecule has 0 aromatic heterocycles. The molecule has 1 saturated heterocycles. The van der Waals surface area contributed by atoms with E-state index in [1.807, 2.05) is 0 Å². The molecule has 1 fully saturated rings. The van der Waals surface area contributed by atoms with Crippen LogP contribution in [-0.4, -0.2) is 17.0 Å². The van der Waals surface area contributed by atoms with Crippen molar-refractivity contribution in [3.63, 3.8) is 0 Å². The molecule has 0 N–H and O–H groups in total. The molecular weight excluding hydrogens is 302 g/mol. The molecule has 2 bridgehead atoms. The van der Waals surface area contributed by atoms with E-state index >= 15 is 0 Å². The summed E-state index contributed by atoms with van der Waals surface area (Å²) in [6.07, 6.45) is 7.62. The summed E-state index contributed by atoms with van der Waals surface area (Å²) in [5.41, 5.74) is 6.00. The lowest BCUT2D eigenvalue weighted by Crippen LogP contribution is -2.38. The lowest BCUT2D eigenvalue weighted by atomic mass is 9.93. The maximum absolute atomic E-state index is 2.72. The molecule has 0 amide bonds. The Labute approximate surface area is 152 Å². The quantitative estimate of drug-likeness (QED) is 0.634. The molecule has 2 unspecified atom stereocenters. The average molecular weight is 332 g/mol. The van der Waals surface area contributed by atoms with Gasteiger partial charge in [-0.15, -0.1) is 0 Å². The van der Waals surface area contributed by atoms with Crippen LogP contribution >= 0.6 is 0 Å². The molecule has 0 saturated carbocycles. The average Bonchev–Trinajstić information content (AvgIpc) is 2.86. The first kappa shape index (κ1) is 16.6. The minimum atomic E-state index is 0.616. The van der Waals surface area contributed by atoms with Crippen LogP contribution in [0.5, 0.6) is 0 Å². The molecule has 2 aromatic carbocycles. The highest BCUT2D eigenvalue weighted by Crippen LogP contribution is 2.37. The standard InChI is InChI=1S/C24H29N/c1-18(2)22-10-8-19(9-11-22)14-21-15-23-12-13-24(16-21)25(23)17-20-6-4-3-5-7-20/h3-11,15,18,23-24H,12-14,16-17H2,1-2H3. The van der Waals surface area contributed by atoms with E-state index in [2.05, 4.69) is 79.4 Å². The maximum atomic E-state index is 2.72. The van der Waals surface area contributed by atoms with Gasteiger partial charge in [0.15, 0.2) is 0 Å². The molecule has 0 radical (unpaired) electrons. The van der Waals surface area contributed by atoms with Crippen LogP contribution in [0, 0.1) is 0 Å². The van der Waals surface area contributed by atoms with Gasteiger partial charge in [-0.2, -0.15) is 0 Å². The van der Waals surface area contributed by atoms with Gasteiger partial charge in [0.1, 0.15) is 0 Å². The van der Waals surface area contributed by atoms with Gasteiger partial charge in [-0.1, -0.05) is 80.1 Å². The minimum absolute atomic E-state index is 0.616. The topological polar surface area (TPSA) is 3.24 Å². The highest BCUT2D eigenvalue weighted by Gasteiger charge is 2.36. The largest absolute Gasteiger partial charge is 0.289 e. The van der Waals surface area contributed by atoms with Crippen molar-refractivity contribution < 1.29 is 0 Å². The maximum Gasteiger partial charge on any atom is 0.0288 e. The van der Waals surface area contributed by atoms with E-state index < -0.39 is 0 Å². The fourth-order valence-electron chi connectivity index (χ4n) is 4.46. The summed E-state index contributed by atoms with van der Waals surface area (Å²) in [4.78, 5) is 2.72. The highest BCUT2D eigenvalue weighted by molar-refractivity contribution is 5.30. The number of rotatable bonds is 5. The van der Waals surface area contributed by atoms with Gasteiger partial charge in [-0.3, -0.25) is 4.90 Å². The Morgan fingerprint density at radius 2 is 1.68 bits per heavy atom. The molecule has 2 aromatic rings. The second kappa shape index (κ2) is 7.17. The van der Waals surface area contributed by atoms with Crippen LogP contribution in [0.25, 0.3) is 0 Å². The van der Waals surface area contributed by atoms with Gasteiger partial charge >= 0.3 is 0 Å². The summed E-state index contributed by atoms with van der Waals surface area (Å²) >= 11 is 0. The molecule has 2 heterocycles. The van der Waals surface area contributed by atoms with Crippen LogP contribution in [0.4, 0.5) is 0 Å². The van der Waals surface area contributed by atoms with Crippen molar-refractivity contribution in [1.29, 1.82) is 0 Å². The Morgan fingerprint density at radius 1 is 0.920 bits per heavy atom. The number of hydrogen-bond donors (Lipinski definition) is 0. The Balaban J connectivity index is 1.44. The van der Waals surface area contributed by atoms with E-state index in [0.717, 1.165) is 19.0 Å². The lowest BCUT2D eigenvalue weighted by Gasteiger charge is -2.34. The molecule has 2 atom stereocenters. The first-order valence-corrected chi connectivity index (χ1v) is 9.77. The van der Waals surface area contributed by atoms with Gasteiger partial charge in [0.05, 0.1) is 0 Å². The predicted molar refractivity (Wildman–Crippen MR) is 106 cm³/mol. The Kier molecular flexibility index (Phi) is 4.76. The van der Waals surface area contributed by atoms with Crippen LogP contribution in [0.3, 0.4) is 0 Å². The van der Waals surface area contributed by atoms with E-state index in [1.54, 1.807) is 5.57 Å². The molecular formula is C24H29N. The van der Waals surface area contributed by atoms with Gasteiger partial charge in [0, 0.05) is 18.6 Å².